The monoisotopic (exact) mass is 165 g/mol. The first-order chi connectivity index (χ1) is 5.43. The van der Waals surface area contributed by atoms with Crippen LogP contribution in [0.2, 0.25) is 0 Å². The Morgan fingerprint density at radius 3 is 3.18 bits per heavy atom. The van der Waals surface area contributed by atoms with Crippen molar-refractivity contribution in [1.29, 1.82) is 0 Å². The van der Waals surface area contributed by atoms with E-state index in [1.165, 1.54) is 10.8 Å². The Hall–Kier alpha value is -1.14. The summed E-state index contributed by atoms with van der Waals surface area (Å²) < 4.78 is 0. The lowest BCUT2D eigenvalue weighted by Crippen LogP contribution is -1.83. The van der Waals surface area contributed by atoms with E-state index in [0.717, 1.165) is 6.42 Å². The van der Waals surface area contributed by atoms with Gasteiger partial charge in [-0.1, -0.05) is 6.07 Å². The summed E-state index contributed by atoms with van der Waals surface area (Å²) in [5.74, 6) is 3.62. The van der Waals surface area contributed by atoms with Gasteiger partial charge >= 0.3 is 0 Å². The molecule has 1 aromatic rings. The molecule has 0 aliphatic carbocycles. The van der Waals surface area contributed by atoms with Gasteiger partial charge in [0.15, 0.2) is 5.94 Å². The first kappa shape index (κ1) is 7.96. The molecule has 0 aliphatic heterocycles. The van der Waals surface area contributed by atoms with E-state index in [0.29, 0.717) is 6.54 Å². The maximum Gasteiger partial charge on any atom is 0.197 e. The van der Waals surface area contributed by atoms with Crippen molar-refractivity contribution in [2.45, 2.75) is 6.42 Å². The minimum absolute atomic E-state index is 0.621. The maximum absolute atomic E-state index is 9.64. The zero-order valence-electron chi connectivity index (χ0n) is 5.91. The Kier molecular flexibility index (Phi) is 3.36. The lowest BCUT2D eigenvalue weighted by molar-refractivity contribution is 0.571. The second-order valence-corrected chi connectivity index (χ2v) is 2.96. The van der Waals surface area contributed by atoms with Gasteiger partial charge in [0.2, 0.25) is 0 Å². The van der Waals surface area contributed by atoms with E-state index in [4.69, 9.17) is 0 Å². The number of hydrogen-bond donors (Lipinski definition) is 0. The summed E-state index contributed by atoms with van der Waals surface area (Å²) in [6.07, 6.45) is 0.881. The number of rotatable bonds is 3. The fraction of sp³-hybridized carbons (Fsp3) is 0.250. The number of hydrogen-bond acceptors (Lipinski definition) is 3. The highest BCUT2D eigenvalue weighted by Gasteiger charge is 1.89. The van der Waals surface area contributed by atoms with Crippen molar-refractivity contribution < 1.29 is 4.79 Å². The summed E-state index contributed by atoms with van der Waals surface area (Å²) in [5, 5.41) is 2.02. The van der Waals surface area contributed by atoms with Gasteiger partial charge < -0.3 is 0 Å². The quantitative estimate of drug-likeness (QED) is 0.491. The third kappa shape index (κ3) is 2.96. The maximum atomic E-state index is 9.64. The fourth-order valence-electron chi connectivity index (χ4n) is 0.709. The molecular formula is C8H7NOS. The third-order valence-corrected chi connectivity index (χ3v) is 2.11. The molecule has 0 aliphatic rings. The van der Waals surface area contributed by atoms with Gasteiger partial charge in [-0.05, 0) is 11.4 Å². The molecule has 11 heavy (non-hydrogen) atoms. The van der Waals surface area contributed by atoms with Gasteiger partial charge in [0.1, 0.15) is 0 Å². The molecule has 0 bridgehead atoms. The fourth-order valence-corrected chi connectivity index (χ4v) is 1.41. The van der Waals surface area contributed by atoms with Crippen molar-refractivity contribution in [3.05, 3.63) is 22.4 Å². The van der Waals surface area contributed by atoms with E-state index in [1.807, 2.05) is 17.5 Å². The van der Waals surface area contributed by atoms with E-state index in [-0.39, 0.29) is 0 Å². The predicted octanol–water partition coefficient (Wildman–Crippen LogP) is 1.35. The Labute approximate surface area is 68.9 Å². The molecule has 56 valence electrons. The Balaban J connectivity index is 2.35. The van der Waals surface area contributed by atoms with Gasteiger partial charge in [0.25, 0.3) is 0 Å². The van der Waals surface area contributed by atoms with Crippen LogP contribution in [0.5, 0.6) is 0 Å². The molecule has 0 unspecified atom stereocenters. The largest absolute Gasteiger partial charge is 0.232 e. The average molecular weight is 165 g/mol. The van der Waals surface area contributed by atoms with Crippen molar-refractivity contribution >= 4 is 23.1 Å². The van der Waals surface area contributed by atoms with Gasteiger partial charge in [-0.2, -0.15) is 0 Å². The summed E-state index contributed by atoms with van der Waals surface area (Å²) in [6.45, 7) is 0.621. The number of nitrogens with zero attached hydrogens (tertiary/aromatic N) is 1. The molecule has 0 amide bonds. The Bertz CT molecular complexity index is 279. The predicted molar refractivity (Wildman–Crippen MR) is 46.0 cm³/mol. The summed E-state index contributed by atoms with van der Waals surface area (Å²) in [6, 6.07) is 4.05. The van der Waals surface area contributed by atoms with Crippen LogP contribution >= 0.6 is 11.3 Å². The zero-order valence-corrected chi connectivity index (χ0v) is 6.73. The van der Waals surface area contributed by atoms with Crippen LogP contribution in [0.4, 0.5) is 0 Å². The Morgan fingerprint density at radius 2 is 2.55 bits per heavy atom. The van der Waals surface area contributed by atoms with Crippen molar-refractivity contribution in [2.24, 2.45) is 4.99 Å². The van der Waals surface area contributed by atoms with E-state index in [2.05, 4.69) is 10.9 Å². The van der Waals surface area contributed by atoms with Crippen LogP contribution in [0.25, 0.3) is 0 Å². The van der Waals surface area contributed by atoms with Crippen LogP contribution < -0.4 is 0 Å². The molecule has 0 radical (unpaired) electrons. The smallest absolute Gasteiger partial charge is 0.197 e. The third-order valence-electron chi connectivity index (χ3n) is 1.17. The van der Waals surface area contributed by atoms with Crippen LogP contribution in [0.1, 0.15) is 4.88 Å². The molecule has 0 aromatic carbocycles. The highest BCUT2D eigenvalue weighted by molar-refractivity contribution is 7.09. The van der Waals surface area contributed by atoms with Crippen molar-refractivity contribution in [2.75, 3.05) is 6.54 Å². The van der Waals surface area contributed by atoms with Gasteiger partial charge in [-0.15, -0.1) is 11.3 Å². The molecule has 3 heteroatoms. The van der Waals surface area contributed by atoms with Gasteiger partial charge in [-0.3, -0.25) is 0 Å². The molecule has 1 aromatic heterocycles. The lowest BCUT2D eigenvalue weighted by atomic mass is 10.3. The number of aliphatic imine (C=N–C) groups is 1. The van der Waals surface area contributed by atoms with Crippen LogP contribution in [-0.2, 0) is 11.2 Å². The highest BCUT2D eigenvalue weighted by Crippen LogP contribution is 2.08. The SMILES string of the molecule is O=C=C=NCCc1cccs1. The number of thiophene rings is 1. The van der Waals surface area contributed by atoms with E-state index in [9.17, 15) is 4.79 Å². The molecule has 0 saturated heterocycles. The van der Waals surface area contributed by atoms with Crippen molar-refractivity contribution in [1.82, 2.24) is 0 Å². The minimum Gasteiger partial charge on any atom is -0.232 e. The molecular weight excluding hydrogens is 158 g/mol. The molecule has 1 heterocycles. The Morgan fingerprint density at radius 1 is 1.64 bits per heavy atom. The van der Waals surface area contributed by atoms with E-state index >= 15 is 0 Å². The highest BCUT2D eigenvalue weighted by atomic mass is 32.1. The van der Waals surface area contributed by atoms with Crippen LogP contribution in [0, 0.1) is 0 Å². The van der Waals surface area contributed by atoms with Crippen molar-refractivity contribution in [3.63, 3.8) is 0 Å². The summed E-state index contributed by atoms with van der Waals surface area (Å²) in [4.78, 5) is 14.6. The topological polar surface area (TPSA) is 29.4 Å². The van der Waals surface area contributed by atoms with Crippen molar-refractivity contribution in [3.8, 4) is 0 Å². The lowest BCUT2D eigenvalue weighted by Gasteiger charge is -1.86. The standard InChI is InChI=1S/C8H7NOS/c10-6-5-9-4-3-8-2-1-7-11-8/h1-2,7H,3-4H2. The summed E-state index contributed by atoms with van der Waals surface area (Å²) >= 11 is 1.69. The molecule has 1 rings (SSSR count). The molecule has 0 atom stereocenters. The van der Waals surface area contributed by atoms with Crippen LogP contribution in [-0.4, -0.2) is 18.4 Å². The zero-order chi connectivity index (χ0) is 7.94. The number of carbonyl (C=O) groups excluding carboxylic acids is 1. The van der Waals surface area contributed by atoms with Crippen LogP contribution in [0.15, 0.2) is 22.5 Å². The summed E-state index contributed by atoms with van der Waals surface area (Å²) in [5.41, 5.74) is 0. The molecule has 0 fully saturated rings. The molecule has 2 nitrogen and oxygen atoms in total. The first-order valence-corrected chi connectivity index (χ1v) is 4.12. The van der Waals surface area contributed by atoms with E-state index in [1.54, 1.807) is 11.3 Å². The van der Waals surface area contributed by atoms with Gasteiger partial charge in [-0.25, -0.2) is 9.79 Å². The normalized spacial score (nSPS) is 8.36. The second-order valence-electron chi connectivity index (χ2n) is 1.92. The average Bonchev–Trinajstić information content (AvgIpc) is 2.50. The van der Waals surface area contributed by atoms with Gasteiger partial charge in [0.05, 0.1) is 12.4 Å². The molecule has 0 saturated carbocycles. The van der Waals surface area contributed by atoms with Gasteiger partial charge in [0, 0.05) is 11.3 Å². The molecule has 0 N–H and O–H groups in total. The minimum atomic E-state index is 0.621. The van der Waals surface area contributed by atoms with Crippen LogP contribution in [0.3, 0.4) is 0 Å². The molecule has 0 spiro atoms. The first-order valence-electron chi connectivity index (χ1n) is 3.24. The van der Waals surface area contributed by atoms with E-state index < -0.39 is 0 Å². The second kappa shape index (κ2) is 4.64. The summed E-state index contributed by atoms with van der Waals surface area (Å²) in [7, 11) is 0.